The molecule has 3 aromatic carbocycles. The molecule has 32 heavy (non-hydrogen) atoms. The number of thioether (sulfide) groups is 1. The molecular formula is C24H18BrN3O3S. The second-order valence-electron chi connectivity index (χ2n) is 6.70. The van der Waals surface area contributed by atoms with Gasteiger partial charge in [0.15, 0.2) is 11.8 Å². The normalized spacial score (nSPS) is 15.6. The van der Waals surface area contributed by atoms with Crippen LogP contribution in [0.25, 0.3) is 6.08 Å². The third-order valence-electron chi connectivity index (χ3n) is 4.31. The number of ether oxygens (including phenoxy) is 1. The van der Waals surface area contributed by atoms with E-state index in [0.717, 1.165) is 10.2 Å². The number of amides is 2. The Kier molecular flexibility index (Phi) is 7.03. The molecular weight excluding hydrogens is 490 g/mol. The van der Waals surface area contributed by atoms with Crippen LogP contribution in [0.3, 0.4) is 0 Å². The van der Waals surface area contributed by atoms with Crippen molar-refractivity contribution >= 4 is 62.1 Å². The summed E-state index contributed by atoms with van der Waals surface area (Å²) in [6, 6.07) is 24.0. The molecule has 1 aliphatic heterocycles. The molecule has 160 valence electrons. The maximum atomic E-state index is 12.4. The van der Waals surface area contributed by atoms with Gasteiger partial charge in [-0.2, -0.15) is 0 Å². The maximum Gasteiger partial charge on any atom is 0.264 e. The van der Waals surface area contributed by atoms with Crippen LogP contribution in [0.5, 0.6) is 5.75 Å². The lowest BCUT2D eigenvalue weighted by Gasteiger charge is -2.10. The third kappa shape index (κ3) is 5.87. The van der Waals surface area contributed by atoms with E-state index in [0.29, 0.717) is 27.1 Å². The molecule has 0 radical (unpaired) electrons. The second-order valence-corrected chi connectivity index (χ2v) is 8.65. The van der Waals surface area contributed by atoms with Gasteiger partial charge in [0.2, 0.25) is 0 Å². The van der Waals surface area contributed by atoms with E-state index in [2.05, 4.69) is 31.6 Å². The minimum Gasteiger partial charge on any atom is -0.483 e. The summed E-state index contributed by atoms with van der Waals surface area (Å²) in [7, 11) is 0. The molecule has 0 atom stereocenters. The van der Waals surface area contributed by atoms with E-state index in [4.69, 9.17) is 4.74 Å². The van der Waals surface area contributed by atoms with Crippen molar-refractivity contribution in [3.8, 4) is 5.75 Å². The van der Waals surface area contributed by atoms with Crippen molar-refractivity contribution in [3.63, 3.8) is 0 Å². The fraction of sp³-hybridized carbons (Fsp3) is 0.0417. The summed E-state index contributed by atoms with van der Waals surface area (Å²) < 4.78 is 6.57. The highest BCUT2D eigenvalue weighted by molar-refractivity contribution is 9.10. The van der Waals surface area contributed by atoms with E-state index in [1.54, 1.807) is 24.3 Å². The molecule has 1 saturated heterocycles. The summed E-state index contributed by atoms with van der Waals surface area (Å²) in [5.74, 6) is -0.0221. The lowest BCUT2D eigenvalue weighted by Crippen LogP contribution is -2.20. The smallest absolute Gasteiger partial charge is 0.264 e. The summed E-state index contributed by atoms with van der Waals surface area (Å²) >= 11 is 4.70. The number of carbonyl (C=O) groups is 2. The van der Waals surface area contributed by atoms with E-state index in [9.17, 15) is 9.59 Å². The molecule has 2 amide bonds. The Morgan fingerprint density at radius 1 is 1.06 bits per heavy atom. The Balaban J connectivity index is 1.48. The van der Waals surface area contributed by atoms with Crippen molar-refractivity contribution in [2.75, 3.05) is 11.9 Å². The summed E-state index contributed by atoms with van der Waals surface area (Å²) in [5.41, 5.74) is 2.13. The number of aliphatic imine (C=N–C) groups is 1. The van der Waals surface area contributed by atoms with Gasteiger partial charge in [-0.1, -0.05) is 52.3 Å². The molecule has 3 aromatic rings. The fourth-order valence-corrected chi connectivity index (χ4v) is 4.08. The highest BCUT2D eigenvalue weighted by atomic mass is 79.9. The first-order valence-corrected chi connectivity index (χ1v) is 11.3. The largest absolute Gasteiger partial charge is 0.483 e. The van der Waals surface area contributed by atoms with Crippen molar-refractivity contribution in [1.82, 2.24) is 5.32 Å². The first-order chi connectivity index (χ1) is 15.6. The summed E-state index contributed by atoms with van der Waals surface area (Å²) in [6.45, 7) is -0.160. The molecule has 1 aliphatic rings. The number of hydrogen-bond donors (Lipinski definition) is 2. The van der Waals surface area contributed by atoms with Gasteiger partial charge in [0.05, 0.1) is 10.6 Å². The molecule has 0 aromatic heterocycles. The SMILES string of the molecule is O=C(COc1ccc(Br)cc1/C=C1\SC(=Nc2ccccc2)NC1=O)Nc1ccccc1. The molecule has 0 saturated carbocycles. The van der Waals surface area contributed by atoms with Gasteiger partial charge < -0.3 is 15.4 Å². The molecule has 0 spiro atoms. The number of amidine groups is 1. The monoisotopic (exact) mass is 507 g/mol. The van der Waals surface area contributed by atoms with Gasteiger partial charge in [-0.15, -0.1) is 0 Å². The van der Waals surface area contributed by atoms with Crippen LogP contribution in [0, 0.1) is 0 Å². The maximum absolute atomic E-state index is 12.4. The third-order valence-corrected chi connectivity index (χ3v) is 5.72. The summed E-state index contributed by atoms with van der Waals surface area (Å²) in [4.78, 5) is 29.6. The number of anilines is 1. The number of hydrogen-bond acceptors (Lipinski definition) is 5. The number of nitrogens with one attached hydrogen (secondary N) is 2. The fourth-order valence-electron chi connectivity index (χ4n) is 2.87. The lowest BCUT2D eigenvalue weighted by atomic mass is 10.2. The summed E-state index contributed by atoms with van der Waals surface area (Å²) in [5, 5.41) is 6.06. The van der Waals surface area contributed by atoms with Gasteiger partial charge in [-0.3, -0.25) is 9.59 Å². The average molecular weight is 508 g/mol. The van der Waals surface area contributed by atoms with Gasteiger partial charge in [0.1, 0.15) is 5.75 Å². The van der Waals surface area contributed by atoms with Crippen molar-refractivity contribution in [3.05, 3.63) is 93.8 Å². The van der Waals surface area contributed by atoms with Crippen molar-refractivity contribution < 1.29 is 14.3 Å². The standard InChI is InChI=1S/C24H18BrN3O3S/c25-17-11-12-20(31-15-22(29)26-18-7-3-1-4-8-18)16(13-17)14-21-23(30)28-24(32-21)27-19-9-5-2-6-10-19/h1-14H,15H2,(H,26,29)(H,27,28,30)/b21-14-. The Morgan fingerprint density at radius 3 is 2.53 bits per heavy atom. The van der Waals surface area contributed by atoms with E-state index in [-0.39, 0.29) is 18.4 Å². The van der Waals surface area contributed by atoms with E-state index < -0.39 is 0 Å². The number of carbonyl (C=O) groups excluding carboxylic acids is 2. The zero-order valence-corrected chi connectivity index (χ0v) is 19.2. The molecule has 0 unspecified atom stereocenters. The van der Waals surface area contributed by atoms with Gasteiger partial charge >= 0.3 is 0 Å². The van der Waals surface area contributed by atoms with Gasteiger partial charge in [0.25, 0.3) is 11.8 Å². The van der Waals surface area contributed by atoms with E-state index >= 15 is 0 Å². The second kappa shape index (κ2) is 10.3. The van der Waals surface area contributed by atoms with Crippen LogP contribution in [0.1, 0.15) is 5.56 Å². The molecule has 8 heteroatoms. The molecule has 1 heterocycles. The molecule has 0 bridgehead atoms. The lowest BCUT2D eigenvalue weighted by molar-refractivity contribution is -0.118. The van der Waals surface area contributed by atoms with Crippen LogP contribution in [-0.4, -0.2) is 23.6 Å². The quantitative estimate of drug-likeness (QED) is 0.440. The number of rotatable bonds is 6. The molecule has 2 N–H and O–H groups in total. The number of halogens is 1. The summed E-state index contributed by atoms with van der Waals surface area (Å²) in [6.07, 6.45) is 1.72. The minimum absolute atomic E-state index is 0.160. The highest BCUT2D eigenvalue weighted by Gasteiger charge is 2.24. The minimum atomic E-state index is -0.275. The van der Waals surface area contributed by atoms with Crippen LogP contribution in [0.4, 0.5) is 11.4 Å². The van der Waals surface area contributed by atoms with Crippen LogP contribution in [0.15, 0.2) is 93.2 Å². The number of benzene rings is 3. The first-order valence-electron chi connectivity index (χ1n) is 9.69. The van der Waals surface area contributed by atoms with Crippen LogP contribution < -0.4 is 15.4 Å². The van der Waals surface area contributed by atoms with E-state index in [1.807, 2.05) is 60.7 Å². The predicted molar refractivity (Wildman–Crippen MR) is 132 cm³/mol. The molecule has 6 nitrogen and oxygen atoms in total. The van der Waals surface area contributed by atoms with Crippen LogP contribution in [0.2, 0.25) is 0 Å². The van der Waals surface area contributed by atoms with Crippen LogP contribution in [-0.2, 0) is 9.59 Å². The van der Waals surface area contributed by atoms with Crippen molar-refractivity contribution in [1.29, 1.82) is 0 Å². The molecule has 1 fully saturated rings. The van der Waals surface area contributed by atoms with Gasteiger partial charge in [-0.25, -0.2) is 4.99 Å². The zero-order valence-electron chi connectivity index (χ0n) is 16.7. The van der Waals surface area contributed by atoms with Gasteiger partial charge in [0, 0.05) is 15.7 Å². The van der Waals surface area contributed by atoms with Crippen molar-refractivity contribution in [2.45, 2.75) is 0 Å². The Bertz CT molecular complexity index is 1200. The first kappa shape index (κ1) is 21.9. The van der Waals surface area contributed by atoms with E-state index in [1.165, 1.54) is 11.8 Å². The average Bonchev–Trinajstić information content (AvgIpc) is 3.13. The van der Waals surface area contributed by atoms with Crippen LogP contribution >= 0.6 is 27.7 Å². The van der Waals surface area contributed by atoms with Crippen molar-refractivity contribution in [2.24, 2.45) is 4.99 Å². The molecule has 0 aliphatic carbocycles. The highest BCUT2D eigenvalue weighted by Crippen LogP contribution is 2.32. The zero-order chi connectivity index (χ0) is 22.3. The number of para-hydroxylation sites is 2. The molecule has 4 rings (SSSR count). The Hall–Kier alpha value is -3.36. The van der Waals surface area contributed by atoms with Gasteiger partial charge in [-0.05, 0) is 60.3 Å². The number of nitrogens with zero attached hydrogens (tertiary/aromatic N) is 1. The predicted octanol–water partition coefficient (Wildman–Crippen LogP) is 5.36. The Morgan fingerprint density at radius 2 is 1.78 bits per heavy atom. The topological polar surface area (TPSA) is 79.8 Å². The Labute approximate surface area is 197 Å².